The van der Waals surface area contributed by atoms with Crippen molar-refractivity contribution in [3.63, 3.8) is 0 Å². The smallest absolute Gasteiger partial charge is 0.251 e. The van der Waals surface area contributed by atoms with Gasteiger partial charge in [0.2, 0.25) is 11.8 Å². The quantitative estimate of drug-likeness (QED) is 0.651. The molecule has 0 aliphatic heterocycles. The van der Waals surface area contributed by atoms with Crippen LogP contribution in [0, 0.1) is 5.92 Å². The van der Waals surface area contributed by atoms with Crippen molar-refractivity contribution in [2.45, 2.75) is 26.4 Å². The minimum Gasteiger partial charge on any atom is -0.355 e. The summed E-state index contributed by atoms with van der Waals surface area (Å²) >= 11 is 0. The molecule has 0 fully saturated rings. The lowest BCUT2D eigenvalue weighted by Crippen LogP contribution is -2.47. The molecule has 0 saturated carbocycles. The van der Waals surface area contributed by atoms with Gasteiger partial charge in [0.05, 0.1) is 12.6 Å². The van der Waals surface area contributed by atoms with E-state index in [0.717, 1.165) is 5.56 Å². The van der Waals surface area contributed by atoms with Gasteiger partial charge in [-0.05, 0) is 23.6 Å². The van der Waals surface area contributed by atoms with E-state index in [-0.39, 0.29) is 42.6 Å². The molecule has 3 amide bonds. The van der Waals surface area contributed by atoms with Crippen LogP contribution in [0.2, 0.25) is 0 Å². The average molecular weight is 371 g/mol. The van der Waals surface area contributed by atoms with Gasteiger partial charge < -0.3 is 21.3 Å². The van der Waals surface area contributed by atoms with Crippen LogP contribution in [-0.2, 0) is 16.1 Å². The molecule has 1 aromatic rings. The van der Waals surface area contributed by atoms with Crippen LogP contribution in [0.25, 0.3) is 0 Å². The first-order valence-corrected chi connectivity index (χ1v) is 7.84. The minimum absolute atomic E-state index is 0. The molecular formula is C17H27ClN4O3. The van der Waals surface area contributed by atoms with E-state index in [2.05, 4.69) is 10.6 Å². The Hall–Kier alpha value is -2.12. The fourth-order valence-corrected chi connectivity index (χ4v) is 1.99. The summed E-state index contributed by atoms with van der Waals surface area (Å²) in [7, 11) is 3.23. The van der Waals surface area contributed by atoms with Crippen molar-refractivity contribution >= 4 is 30.1 Å². The molecule has 1 atom stereocenters. The molecule has 0 aromatic heterocycles. The third-order valence-electron chi connectivity index (χ3n) is 3.72. The number of nitrogens with one attached hydrogen (secondary N) is 2. The highest BCUT2D eigenvalue weighted by Gasteiger charge is 2.18. The minimum atomic E-state index is -0.625. The molecule has 0 bridgehead atoms. The maximum Gasteiger partial charge on any atom is 0.251 e. The van der Waals surface area contributed by atoms with Crippen LogP contribution in [-0.4, -0.2) is 49.3 Å². The molecule has 0 unspecified atom stereocenters. The fraction of sp³-hybridized carbons (Fsp3) is 0.471. The number of carbonyl (C=O) groups is 3. The maximum absolute atomic E-state index is 12.1. The number of benzene rings is 1. The number of amides is 3. The summed E-state index contributed by atoms with van der Waals surface area (Å²) in [6.45, 7) is 3.99. The zero-order valence-electron chi connectivity index (χ0n) is 15.0. The molecule has 8 heteroatoms. The number of likely N-dealkylation sites (N-methyl/N-ethyl adjacent to an activating group) is 1. The second-order valence-electron chi connectivity index (χ2n) is 6.01. The van der Waals surface area contributed by atoms with Crippen LogP contribution in [0.4, 0.5) is 0 Å². The number of nitrogens with zero attached hydrogens (tertiary/aromatic N) is 1. The molecule has 0 aliphatic rings. The normalized spacial score (nSPS) is 11.3. The topological polar surface area (TPSA) is 105 Å². The molecule has 1 rings (SSSR count). The molecular weight excluding hydrogens is 344 g/mol. The summed E-state index contributed by atoms with van der Waals surface area (Å²) in [5.41, 5.74) is 7.18. The molecule has 0 aliphatic carbocycles. The first-order chi connectivity index (χ1) is 11.3. The maximum atomic E-state index is 12.1. The van der Waals surface area contributed by atoms with E-state index in [1.54, 1.807) is 38.4 Å². The number of hydrogen-bond acceptors (Lipinski definition) is 4. The van der Waals surface area contributed by atoms with Gasteiger partial charge in [0.25, 0.3) is 5.91 Å². The molecule has 0 saturated heterocycles. The predicted octanol–water partition coefficient (Wildman–Crippen LogP) is 0.526. The van der Waals surface area contributed by atoms with Gasteiger partial charge in [0, 0.05) is 26.2 Å². The average Bonchev–Trinajstić information content (AvgIpc) is 2.58. The zero-order valence-corrected chi connectivity index (χ0v) is 15.9. The number of hydrogen-bond donors (Lipinski definition) is 3. The summed E-state index contributed by atoms with van der Waals surface area (Å²) in [6.07, 6.45) is 0. The highest BCUT2D eigenvalue weighted by Crippen LogP contribution is 2.07. The largest absolute Gasteiger partial charge is 0.355 e. The van der Waals surface area contributed by atoms with E-state index < -0.39 is 6.04 Å². The van der Waals surface area contributed by atoms with Gasteiger partial charge in [0.15, 0.2) is 0 Å². The number of carbonyl (C=O) groups excluding carboxylic acids is 3. The first kappa shape index (κ1) is 22.9. The SMILES string of the molecule is CNC(=O)c1ccc(CN(C)C(=O)CNC(=O)[C@@H](N)C(C)C)cc1.Cl. The Bertz CT molecular complexity index is 590. The van der Waals surface area contributed by atoms with Crippen LogP contribution < -0.4 is 16.4 Å². The molecule has 0 radical (unpaired) electrons. The molecule has 7 nitrogen and oxygen atoms in total. The Morgan fingerprint density at radius 1 is 1.16 bits per heavy atom. The van der Waals surface area contributed by atoms with E-state index in [9.17, 15) is 14.4 Å². The predicted molar refractivity (Wildman–Crippen MR) is 99.4 cm³/mol. The van der Waals surface area contributed by atoms with Gasteiger partial charge in [-0.15, -0.1) is 12.4 Å². The van der Waals surface area contributed by atoms with Gasteiger partial charge in [0.1, 0.15) is 0 Å². The van der Waals surface area contributed by atoms with Crippen molar-refractivity contribution in [2.24, 2.45) is 11.7 Å². The van der Waals surface area contributed by atoms with Gasteiger partial charge in [-0.25, -0.2) is 0 Å². The summed E-state index contributed by atoms with van der Waals surface area (Å²) in [6, 6.07) is 6.37. The highest BCUT2D eigenvalue weighted by atomic mass is 35.5. The highest BCUT2D eigenvalue weighted by molar-refractivity contribution is 5.94. The van der Waals surface area contributed by atoms with E-state index in [1.807, 2.05) is 13.8 Å². The fourth-order valence-electron chi connectivity index (χ4n) is 1.99. The molecule has 25 heavy (non-hydrogen) atoms. The van der Waals surface area contributed by atoms with Crippen molar-refractivity contribution < 1.29 is 14.4 Å². The first-order valence-electron chi connectivity index (χ1n) is 7.84. The number of nitrogens with two attached hydrogens (primary N) is 1. The second kappa shape index (κ2) is 10.7. The lowest BCUT2D eigenvalue weighted by atomic mass is 10.1. The van der Waals surface area contributed by atoms with Crippen molar-refractivity contribution in [1.82, 2.24) is 15.5 Å². The molecule has 1 aromatic carbocycles. The van der Waals surface area contributed by atoms with Gasteiger partial charge >= 0.3 is 0 Å². The monoisotopic (exact) mass is 370 g/mol. The summed E-state index contributed by atoms with van der Waals surface area (Å²) in [5, 5.41) is 5.10. The van der Waals surface area contributed by atoms with Gasteiger partial charge in [-0.2, -0.15) is 0 Å². The summed E-state index contributed by atoms with van der Waals surface area (Å²) < 4.78 is 0. The standard InChI is InChI=1S/C17H26N4O3.ClH/c1-11(2)15(18)17(24)20-9-14(22)21(4)10-12-5-7-13(8-6-12)16(23)19-3;/h5-8,11,15H,9-10,18H2,1-4H3,(H,19,23)(H,20,24);1H/t15-;/m0./s1. The van der Waals surface area contributed by atoms with E-state index >= 15 is 0 Å². The third-order valence-corrected chi connectivity index (χ3v) is 3.72. The Kier molecular flexibility index (Phi) is 9.78. The Morgan fingerprint density at radius 3 is 2.20 bits per heavy atom. The van der Waals surface area contributed by atoms with E-state index in [0.29, 0.717) is 12.1 Å². The van der Waals surface area contributed by atoms with Crippen LogP contribution in [0.3, 0.4) is 0 Å². The Balaban J connectivity index is 0.00000576. The van der Waals surface area contributed by atoms with E-state index in [1.165, 1.54) is 4.90 Å². The van der Waals surface area contributed by atoms with Crippen molar-refractivity contribution in [3.8, 4) is 0 Å². The van der Waals surface area contributed by atoms with Crippen molar-refractivity contribution in [2.75, 3.05) is 20.6 Å². The summed E-state index contributed by atoms with van der Waals surface area (Å²) in [5.74, 6) is -0.691. The van der Waals surface area contributed by atoms with Gasteiger partial charge in [-0.3, -0.25) is 14.4 Å². The summed E-state index contributed by atoms with van der Waals surface area (Å²) in [4.78, 5) is 36.8. The molecule has 4 N–H and O–H groups in total. The van der Waals surface area contributed by atoms with Crippen LogP contribution in [0.1, 0.15) is 29.8 Å². The van der Waals surface area contributed by atoms with Crippen LogP contribution >= 0.6 is 12.4 Å². The van der Waals surface area contributed by atoms with Crippen molar-refractivity contribution in [1.29, 1.82) is 0 Å². The second-order valence-corrected chi connectivity index (χ2v) is 6.01. The van der Waals surface area contributed by atoms with E-state index in [4.69, 9.17) is 5.73 Å². The Labute approximate surface area is 154 Å². The third kappa shape index (κ3) is 7.11. The van der Waals surface area contributed by atoms with Gasteiger partial charge in [-0.1, -0.05) is 26.0 Å². The van der Waals surface area contributed by atoms with Crippen LogP contribution in [0.5, 0.6) is 0 Å². The van der Waals surface area contributed by atoms with Crippen molar-refractivity contribution in [3.05, 3.63) is 35.4 Å². The Morgan fingerprint density at radius 2 is 1.72 bits per heavy atom. The van der Waals surface area contributed by atoms with Crippen LogP contribution in [0.15, 0.2) is 24.3 Å². The lowest BCUT2D eigenvalue weighted by Gasteiger charge is -2.19. The zero-order chi connectivity index (χ0) is 18.3. The number of halogens is 1. The molecule has 0 spiro atoms. The number of rotatable bonds is 7. The molecule has 0 heterocycles. The molecule has 140 valence electrons. The lowest BCUT2D eigenvalue weighted by molar-refractivity contribution is -0.132.